The van der Waals surface area contributed by atoms with Crippen LogP contribution < -0.4 is 10.2 Å². The van der Waals surface area contributed by atoms with E-state index in [0.29, 0.717) is 17.4 Å². The quantitative estimate of drug-likeness (QED) is 0.636. The molecule has 0 radical (unpaired) electrons. The summed E-state index contributed by atoms with van der Waals surface area (Å²) in [4.78, 5) is 19.6. The molecule has 0 unspecified atom stereocenters. The van der Waals surface area contributed by atoms with Crippen LogP contribution in [-0.2, 0) is 0 Å². The van der Waals surface area contributed by atoms with E-state index in [9.17, 15) is 10.1 Å². The van der Waals surface area contributed by atoms with E-state index < -0.39 is 0 Å². The van der Waals surface area contributed by atoms with Gasteiger partial charge in [-0.3, -0.25) is 15.0 Å². The van der Waals surface area contributed by atoms with Crippen LogP contribution in [0.4, 0.5) is 11.5 Å². The fourth-order valence-corrected chi connectivity index (χ4v) is 2.82. The molecule has 2 aliphatic heterocycles. The minimum absolute atomic E-state index is 0.145. The summed E-state index contributed by atoms with van der Waals surface area (Å²) in [5.74, 6) is 0.515. The number of aromatic nitrogens is 1. The number of anilines is 1. The first kappa shape index (κ1) is 13.3. The zero-order valence-corrected chi connectivity index (χ0v) is 11.6. The van der Waals surface area contributed by atoms with E-state index in [1.165, 1.54) is 0 Å². The number of nitro groups is 1. The highest BCUT2D eigenvalue weighted by atomic mass is 16.6. The van der Waals surface area contributed by atoms with Crippen molar-refractivity contribution in [3.63, 3.8) is 0 Å². The van der Waals surface area contributed by atoms with Crippen molar-refractivity contribution in [2.45, 2.75) is 13.0 Å². The fourth-order valence-electron chi connectivity index (χ4n) is 2.82. The number of nitrogens with zero attached hydrogens (tertiary/aromatic N) is 4. The fraction of sp³-hybridized carbons (Fsp3) is 0.615. The van der Waals surface area contributed by atoms with Crippen LogP contribution >= 0.6 is 0 Å². The van der Waals surface area contributed by atoms with E-state index in [-0.39, 0.29) is 10.6 Å². The Balaban J connectivity index is 1.74. The first-order valence-electron chi connectivity index (χ1n) is 6.96. The Kier molecular flexibility index (Phi) is 3.54. The minimum Gasteiger partial charge on any atom is -0.348 e. The average Bonchev–Trinajstić information content (AvgIpc) is 2.37. The van der Waals surface area contributed by atoms with Gasteiger partial charge in [-0.15, -0.1) is 0 Å². The highest BCUT2D eigenvalue weighted by Gasteiger charge is 2.30. The molecular weight excluding hydrogens is 258 g/mol. The lowest BCUT2D eigenvalue weighted by atomic mass is 10.1. The molecule has 1 aromatic heterocycles. The number of nitrogens with one attached hydrogen (secondary N) is 1. The van der Waals surface area contributed by atoms with E-state index in [1.54, 1.807) is 19.2 Å². The number of hydrogen-bond acceptors (Lipinski definition) is 6. The van der Waals surface area contributed by atoms with E-state index >= 15 is 0 Å². The third-order valence-electron chi connectivity index (χ3n) is 4.18. The van der Waals surface area contributed by atoms with E-state index in [1.807, 2.05) is 4.90 Å². The molecule has 7 nitrogen and oxygen atoms in total. The van der Waals surface area contributed by atoms with Crippen molar-refractivity contribution in [2.24, 2.45) is 0 Å². The summed E-state index contributed by atoms with van der Waals surface area (Å²) >= 11 is 0. The predicted molar refractivity (Wildman–Crippen MR) is 76.1 cm³/mol. The van der Waals surface area contributed by atoms with Gasteiger partial charge in [0.2, 0.25) is 5.82 Å². The molecule has 0 aliphatic carbocycles. The molecule has 108 valence electrons. The second-order valence-corrected chi connectivity index (χ2v) is 5.39. The number of aryl methyl sites for hydroxylation is 1. The Morgan fingerprint density at radius 1 is 1.35 bits per heavy atom. The summed E-state index contributed by atoms with van der Waals surface area (Å²) < 4.78 is 0. The molecule has 0 aromatic carbocycles. The third kappa shape index (κ3) is 2.34. The third-order valence-corrected chi connectivity index (χ3v) is 4.18. The first-order valence-corrected chi connectivity index (χ1v) is 6.96. The molecule has 0 atom stereocenters. The van der Waals surface area contributed by atoms with Crippen LogP contribution in [0, 0.1) is 17.0 Å². The van der Waals surface area contributed by atoms with Gasteiger partial charge in [-0.1, -0.05) is 0 Å². The molecule has 3 rings (SSSR count). The van der Waals surface area contributed by atoms with Crippen molar-refractivity contribution in [2.75, 3.05) is 44.2 Å². The molecule has 3 heterocycles. The number of rotatable bonds is 3. The van der Waals surface area contributed by atoms with Crippen LogP contribution in [-0.4, -0.2) is 60.1 Å². The second kappa shape index (κ2) is 5.34. The first-order chi connectivity index (χ1) is 9.66. The molecule has 0 saturated carbocycles. The van der Waals surface area contributed by atoms with Gasteiger partial charge in [0.15, 0.2) is 0 Å². The Morgan fingerprint density at radius 3 is 2.60 bits per heavy atom. The minimum atomic E-state index is -0.320. The summed E-state index contributed by atoms with van der Waals surface area (Å²) in [5.41, 5.74) is 0.817. The van der Waals surface area contributed by atoms with Gasteiger partial charge in [-0.05, 0) is 13.0 Å². The molecule has 7 heteroatoms. The monoisotopic (exact) mass is 277 g/mol. The van der Waals surface area contributed by atoms with Gasteiger partial charge in [0.25, 0.3) is 0 Å². The largest absolute Gasteiger partial charge is 0.348 e. The van der Waals surface area contributed by atoms with Crippen LogP contribution in [0.1, 0.15) is 5.56 Å². The zero-order valence-electron chi connectivity index (χ0n) is 11.6. The molecule has 2 fully saturated rings. The molecule has 0 bridgehead atoms. The SMILES string of the molecule is Cc1ccnc(N2CCN(C3CNC3)CC2)c1[N+](=O)[O-]. The lowest BCUT2D eigenvalue weighted by molar-refractivity contribution is -0.384. The number of pyridine rings is 1. The Labute approximate surface area is 117 Å². The molecule has 0 spiro atoms. The van der Waals surface area contributed by atoms with Crippen LogP contribution in [0.3, 0.4) is 0 Å². The highest BCUT2D eigenvalue weighted by Crippen LogP contribution is 2.29. The Morgan fingerprint density at radius 2 is 2.05 bits per heavy atom. The molecule has 2 saturated heterocycles. The summed E-state index contributed by atoms with van der Waals surface area (Å²) in [6.45, 7) is 7.37. The zero-order chi connectivity index (χ0) is 14.1. The standard InChI is InChI=1S/C13H19N5O2/c1-10-2-3-15-13(12(10)18(19)20)17-6-4-16(5-7-17)11-8-14-9-11/h2-3,11,14H,4-9H2,1H3. The van der Waals surface area contributed by atoms with E-state index in [2.05, 4.69) is 15.2 Å². The van der Waals surface area contributed by atoms with Crippen LogP contribution in [0.15, 0.2) is 12.3 Å². The summed E-state index contributed by atoms with van der Waals surface area (Å²) in [6.07, 6.45) is 1.65. The van der Waals surface area contributed by atoms with Crippen molar-refractivity contribution in [3.8, 4) is 0 Å². The average molecular weight is 277 g/mol. The second-order valence-electron chi connectivity index (χ2n) is 5.39. The molecule has 0 amide bonds. The summed E-state index contributed by atoms with van der Waals surface area (Å²) in [7, 11) is 0. The van der Waals surface area contributed by atoms with Gasteiger partial charge in [-0.25, -0.2) is 4.98 Å². The van der Waals surface area contributed by atoms with Gasteiger partial charge in [0.1, 0.15) is 0 Å². The number of hydrogen-bond donors (Lipinski definition) is 1. The van der Waals surface area contributed by atoms with Gasteiger partial charge in [-0.2, -0.15) is 0 Å². The smallest absolute Gasteiger partial charge is 0.314 e. The Hall–Kier alpha value is -1.73. The van der Waals surface area contributed by atoms with Crippen LogP contribution in [0.25, 0.3) is 0 Å². The van der Waals surface area contributed by atoms with E-state index in [4.69, 9.17) is 0 Å². The molecule has 20 heavy (non-hydrogen) atoms. The van der Waals surface area contributed by atoms with E-state index in [0.717, 1.165) is 39.3 Å². The Bertz CT molecular complexity index is 509. The van der Waals surface area contributed by atoms with Gasteiger partial charge >= 0.3 is 5.69 Å². The summed E-state index contributed by atoms with van der Waals surface area (Å²) in [6, 6.07) is 2.33. The van der Waals surface area contributed by atoms with Gasteiger partial charge < -0.3 is 10.2 Å². The maximum atomic E-state index is 11.2. The normalized spacial score (nSPS) is 20.8. The topological polar surface area (TPSA) is 74.5 Å². The summed E-state index contributed by atoms with van der Waals surface area (Å²) in [5, 5.41) is 14.5. The van der Waals surface area contributed by atoms with Crippen molar-refractivity contribution >= 4 is 11.5 Å². The predicted octanol–water partition coefficient (Wildman–Crippen LogP) is 0.392. The van der Waals surface area contributed by atoms with Crippen molar-refractivity contribution < 1.29 is 4.92 Å². The lowest BCUT2D eigenvalue weighted by Gasteiger charge is -2.43. The number of piperazine rings is 1. The van der Waals surface area contributed by atoms with Crippen molar-refractivity contribution in [1.29, 1.82) is 0 Å². The molecule has 2 aliphatic rings. The van der Waals surface area contributed by atoms with Crippen LogP contribution in [0.5, 0.6) is 0 Å². The van der Waals surface area contributed by atoms with Crippen molar-refractivity contribution in [1.82, 2.24) is 15.2 Å². The van der Waals surface area contributed by atoms with Gasteiger partial charge in [0, 0.05) is 57.1 Å². The molecule has 1 aromatic rings. The van der Waals surface area contributed by atoms with Crippen LogP contribution in [0.2, 0.25) is 0 Å². The maximum Gasteiger partial charge on any atom is 0.314 e. The highest BCUT2D eigenvalue weighted by molar-refractivity contribution is 5.61. The molecule has 1 N–H and O–H groups in total. The van der Waals surface area contributed by atoms with Gasteiger partial charge in [0.05, 0.1) is 4.92 Å². The molecular formula is C13H19N5O2. The maximum absolute atomic E-state index is 11.2. The van der Waals surface area contributed by atoms with Crippen molar-refractivity contribution in [3.05, 3.63) is 27.9 Å². The lowest BCUT2D eigenvalue weighted by Crippen LogP contribution is -2.61.